The van der Waals surface area contributed by atoms with Crippen molar-refractivity contribution in [3.05, 3.63) is 88.5 Å². The molecule has 3 aromatic rings. The van der Waals surface area contributed by atoms with Crippen LogP contribution in [-0.2, 0) is 9.59 Å². The van der Waals surface area contributed by atoms with Crippen LogP contribution in [0.4, 0.5) is 11.4 Å². The highest BCUT2D eigenvalue weighted by Crippen LogP contribution is 2.44. The fraction of sp³-hybridized carbons (Fsp3) is 0.214. The zero-order valence-corrected chi connectivity index (χ0v) is 21.0. The van der Waals surface area contributed by atoms with Gasteiger partial charge in [-0.15, -0.1) is 0 Å². The number of aliphatic hydroxyl groups is 1. The molecule has 1 heterocycles. The highest BCUT2D eigenvalue weighted by Gasteiger charge is 2.47. The van der Waals surface area contributed by atoms with Crippen molar-refractivity contribution in [2.75, 3.05) is 30.0 Å². The Kier molecular flexibility index (Phi) is 7.22. The number of hydrogen-bond donors (Lipinski definition) is 2. The van der Waals surface area contributed by atoms with E-state index in [1.54, 1.807) is 36.4 Å². The van der Waals surface area contributed by atoms with Gasteiger partial charge in [0.1, 0.15) is 17.3 Å². The van der Waals surface area contributed by atoms with Crippen molar-refractivity contribution >= 4 is 40.4 Å². The summed E-state index contributed by atoms with van der Waals surface area (Å²) in [7, 11) is 1.44. The van der Waals surface area contributed by atoms with Crippen molar-refractivity contribution in [3.63, 3.8) is 0 Å². The van der Waals surface area contributed by atoms with Gasteiger partial charge >= 0.3 is 0 Å². The average Bonchev–Trinajstić information content (AvgIpc) is 3.15. The van der Waals surface area contributed by atoms with Crippen LogP contribution in [-0.4, -0.2) is 42.1 Å². The van der Waals surface area contributed by atoms with Gasteiger partial charge in [-0.3, -0.25) is 14.5 Å². The maximum Gasteiger partial charge on any atom is 0.300 e. The molecule has 36 heavy (non-hydrogen) atoms. The predicted octanol–water partition coefficient (Wildman–Crippen LogP) is 5.53. The molecule has 4 rings (SSSR count). The standard InChI is InChI=1S/C28H27ClN2O5/c1-4-30(5-2)19-9-11-20(12-10-19)31-25(17-6-13-21(32)14-7-17)24(27(34)28(31)35)26(33)22-16-18(29)8-15-23(22)36-3/h6-16,25,32-33H,4-5H2,1-3H3/b26-24+. The summed E-state index contributed by atoms with van der Waals surface area (Å²) in [5, 5.41) is 21.5. The van der Waals surface area contributed by atoms with Crippen LogP contribution in [0.2, 0.25) is 5.02 Å². The molecule has 0 saturated carbocycles. The van der Waals surface area contributed by atoms with E-state index in [0.29, 0.717) is 22.0 Å². The first-order valence-electron chi connectivity index (χ1n) is 11.6. The number of nitrogens with zero attached hydrogens (tertiary/aromatic N) is 2. The Labute approximate surface area is 214 Å². The Balaban J connectivity index is 1.91. The molecule has 186 valence electrons. The first-order chi connectivity index (χ1) is 17.3. The van der Waals surface area contributed by atoms with Crippen molar-refractivity contribution < 1.29 is 24.5 Å². The molecule has 1 atom stereocenters. The number of Topliss-reactive ketones (excluding diaryl/α,β-unsaturated/α-hetero) is 1. The van der Waals surface area contributed by atoms with Gasteiger partial charge in [-0.1, -0.05) is 23.7 Å². The van der Waals surface area contributed by atoms with E-state index in [4.69, 9.17) is 16.3 Å². The average molecular weight is 507 g/mol. The van der Waals surface area contributed by atoms with Crippen LogP contribution in [0, 0.1) is 0 Å². The number of ether oxygens (including phenoxy) is 1. The summed E-state index contributed by atoms with van der Waals surface area (Å²) in [6.45, 7) is 5.78. The number of phenolic OH excluding ortho intramolecular Hbond substituents is 1. The monoisotopic (exact) mass is 506 g/mol. The van der Waals surface area contributed by atoms with Crippen molar-refractivity contribution in [2.24, 2.45) is 0 Å². The lowest BCUT2D eigenvalue weighted by molar-refractivity contribution is -0.132. The second kappa shape index (κ2) is 10.3. The highest BCUT2D eigenvalue weighted by molar-refractivity contribution is 6.51. The summed E-state index contributed by atoms with van der Waals surface area (Å²) >= 11 is 6.17. The quantitative estimate of drug-likeness (QED) is 0.249. The molecule has 1 fully saturated rings. The molecule has 1 amide bonds. The Morgan fingerprint density at radius 3 is 2.22 bits per heavy atom. The van der Waals surface area contributed by atoms with Crippen LogP contribution < -0.4 is 14.5 Å². The van der Waals surface area contributed by atoms with E-state index in [9.17, 15) is 19.8 Å². The van der Waals surface area contributed by atoms with Gasteiger partial charge in [0.25, 0.3) is 11.7 Å². The fourth-order valence-corrected chi connectivity index (χ4v) is 4.67. The molecule has 0 aromatic heterocycles. The number of carbonyl (C=O) groups excluding carboxylic acids is 2. The van der Waals surface area contributed by atoms with Crippen molar-refractivity contribution in [1.82, 2.24) is 0 Å². The second-order valence-corrected chi connectivity index (χ2v) is 8.73. The molecular formula is C28H27ClN2O5. The van der Waals surface area contributed by atoms with Gasteiger partial charge in [-0.2, -0.15) is 0 Å². The maximum absolute atomic E-state index is 13.4. The van der Waals surface area contributed by atoms with E-state index in [2.05, 4.69) is 18.7 Å². The van der Waals surface area contributed by atoms with Crippen LogP contribution in [0.5, 0.6) is 11.5 Å². The normalized spacial score (nSPS) is 16.9. The number of aliphatic hydroxyl groups excluding tert-OH is 1. The van der Waals surface area contributed by atoms with Crippen LogP contribution in [0.15, 0.2) is 72.3 Å². The molecule has 1 aliphatic heterocycles. The molecule has 3 aromatic carbocycles. The fourth-order valence-electron chi connectivity index (χ4n) is 4.49. The molecule has 8 heteroatoms. The molecule has 0 spiro atoms. The number of hydrogen-bond acceptors (Lipinski definition) is 6. The Morgan fingerprint density at radius 1 is 1.00 bits per heavy atom. The molecule has 0 aliphatic carbocycles. The van der Waals surface area contributed by atoms with Gasteiger partial charge in [-0.25, -0.2) is 0 Å². The van der Waals surface area contributed by atoms with E-state index in [-0.39, 0.29) is 16.9 Å². The Bertz CT molecular complexity index is 1310. The third-order valence-corrected chi connectivity index (χ3v) is 6.56. The van der Waals surface area contributed by atoms with Crippen LogP contribution >= 0.6 is 11.6 Å². The Hall–Kier alpha value is -3.97. The smallest absolute Gasteiger partial charge is 0.300 e. The van der Waals surface area contributed by atoms with E-state index >= 15 is 0 Å². The predicted molar refractivity (Wildman–Crippen MR) is 141 cm³/mol. The van der Waals surface area contributed by atoms with Crippen molar-refractivity contribution in [1.29, 1.82) is 0 Å². The summed E-state index contributed by atoms with van der Waals surface area (Å²) in [5.41, 5.74) is 2.14. The first-order valence-corrected chi connectivity index (χ1v) is 12.0. The van der Waals surface area contributed by atoms with Gasteiger partial charge in [0.2, 0.25) is 0 Å². The number of carbonyl (C=O) groups is 2. The molecule has 1 aliphatic rings. The van der Waals surface area contributed by atoms with Gasteiger partial charge in [0, 0.05) is 29.5 Å². The lowest BCUT2D eigenvalue weighted by Gasteiger charge is -2.27. The minimum Gasteiger partial charge on any atom is -0.508 e. The zero-order valence-electron chi connectivity index (χ0n) is 20.2. The summed E-state index contributed by atoms with van der Waals surface area (Å²) in [6.07, 6.45) is 0. The third kappa shape index (κ3) is 4.50. The highest BCUT2D eigenvalue weighted by atomic mass is 35.5. The zero-order chi connectivity index (χ0) is 26.0. The number of benzene rings is 3. The van der Waals surface area contributed by atoms with E-state index in [1.165, 1.54) is 30.2 Å². The number of rotatable bonds is 7. The van der Waals surface area contributed by atoms with Gasteiger partial charge in [0.15, 0.2) is 0 Å². The van der Waals surface area contributed by atoms with Crippen molar-refractivity contribution in [3.8, 4) is 11.5 Å². The number of aromatic hydroxyl groups is 1. The number of anilines is 2. The molecule has 0 radical (unpaired) electrons. The number of halogens is 1. The van der Waals surface area contributed by atoms with Gasteiger partial charge in [-0.05, 0) is 74.0 Å². The SMILES string of the molecule is CCN(CC)c1ccc(N2C(=O)C(=O)/C(=C(/O)c3cc(Cl)ccc3OC)C2c2ccc(O)cc2)cc1. The summed E-state index contributed by atoms with van der Waals surface area (Å²) in [4.78, 5) is 30.3. The summed E-state index contributed by atoms with van der Waals surface area (Å²) < 4.78 is 5.37. The number of ketones is 1. The molecule has 0 bridgehead atoms. The molecular weight excluding hydrogens is 480 g/mol. The number of amides is 1. The molecule has 1 unspecified atom stereocenters. The minimum atomic E-state index is -0.936. The Morgan fingerprint density at radius 2 is 1.64 bits per heavy atom. The van der Waals surface area contributed by atoms with Crippen LogP contribution in [0.25, 0.3) is 5.76 Å². The number of methoxy groups -OCH3 is 1. The summed E-state index contributed by atoms with van der Waals surface area (Å²) in [6, 6.07) is 17.3. The third-order valence-electron chi connectivity index (χ3n) is 6.33. The van der Waals surface area contributed by atoms with Crippen LogP contribution in [0.1, 0.15) is 31.0 Å². The second-order valence-electron chi connectivity index (χ2n) is 8.29. The molecule has 2 N–H and O–H groups in total. The minimum absolute atomic E-state index is 0.0378. The van der Waals surface area contributed by atoms with E-state index in [1.807, 2.05) is 12.1 Å². The topological polar surface area (TPSA) is 90.3 Å². The largest absolute Gasteiger partial charge is 0.508 e. The lowest BCUT2D eigenvalue weighted by Crippen LogP contribution is -2.29. The van der Waals surface area contributed by atoms with Gasteiger partial charge in [0.05, 0.1) is 24.3 Å². The summed E-state index contributed by atoms with van der Waals surface area (Å²) in [5.74, 6) is -1.66. The number of phenols is 1. The maximum atomic E-state index is 13.4. The van der Waals surface area contributed by atoms with Crippen LogP contribution in [0.3, 0.4) is 0 Å². The van der Waals surface area contributed by atoms with Crippen molar-refractivity contribution in [2.45, 2.75) is 19.9 Å². The first kappa shape index (κ1) is 25.1. The van der Waals surface area contributed by atoms with E-state index < -0.39 is 23.5 Å². The van der Waals surface area contributed by atoms with E-state index in [0.717, 1.165) is 18.8 Å². The van der Waals surface area contributed by atoms with Gasteiger partial charge < -0.3 is 19.8 Å². The molecule has 7 nitrogen and oxygen atoms in total. The lowest BCUT2D eigenvalue weighted by atomic mass is 9.94. The molecule has 1 saturated heterocycles.